The Kier molecular flexibility index (Phi) is 3.11. The highest BCUT2D eigenvalue weighted by molar-refractivity contribution is 7.87. The monoisotopic (exact) mass is 294 g/mol. The summed E-state index contributed by atoms with van der Waals surface area (Å²) < 4.78 is 34.3. The minimum Gasteiger partial charge on any atom is -0.383 e. The van der Waals surface area contributed by atoms with Crippen molar-refractivity contribution >= 4 is 39.5 Å². The number of anilines is 2. The maximum atomic E-state index is 12.8. The number of hydrogen-bond donors (Lipinski definition) is 1. The molecule has 2 heterocycles. The first-order valence-electron chi connectivity index (χ1n) is 4.81. The highest BCUT2D eigenvalue weighted by Crippen LogP contribution is 2.24. The lowest BCUT2D eigenvalue weighted by Gasteiger charge is -2.13. The number of halogens is 2. The summed E-state index contributed by atoms with van der Waals surface area (Å²) in [7, 11) is -4.78. The van der Waals surface area contributed by atoms with Crippen LogP contribution < -0.4 is 10.6 Å². The van der Waals surface area contributed by atoms with Gasteiger partial charge in [0, 0.05) is 19.0 Å². The molecule has 0 aromatic carbocycles. The Morgan fingerprint density at radius 1 is 1.50 bits per heavy atom. The van der Waals surface area contributed by atoms with E-state index in [2.05, 4.69) is 9.97 Å². The van der Waals surface area contributed by atoms with Crippen LogP contribution in [0.5, 0.6) is 0 Å². The predicted molar refractivity (Wildman–Crippen MR) is 62.2 cm³/mol. The summed E-state index contributed by atoms with van der Waals surface area (Å²) in [6.07, 6.45) is -0.450. The van der Waals surface area contributed by atoms with E-state index in [9.17, 15) is 17.1 Å². The van der Waals surface area contributed by atoms with Crippen LogP contribution in [0.2, 0.25) is 5.15 Å². The second kappa shape index (κ2) is 4.32. The van der Waals surface area contributed by atoms with Gasteiger partial charge in [0.25, 0.3) is 0 Å². The van der Waals surface area contributed by atoms with Crippen molar-refractivity contribution in [3.05, 3.63) is 11.2 Å². The fourth-order valence-electron chi connectivity index (χ4n) is 1.60. The van der Waals surface area contributed by atoms with E-state index in [1.54, 1.807) is 0 Å². The van der Waals surface area contributed by atoms with Gasteiger partial charge in [-0.05, 0) is 0 Å². The van der Waals surface area contributed by atoms with Crippen LogP contribution in [0.25, 0.3) is 0 Å². The summed E-state index contributed by atoms with van der Waals surface area (Å²) in [5, 5.41) is -1.40. The molecule has 1 aliphatic rings. The molecular weight excluding hydrogens is 287 g/mol. The van der Waals surface area contributed by atoms with Crippen LogP contribution in [0.15, 0.2) is 6.07 Å². The van der Waals surface area contributed by atoms with Gasteiger partial charge in [0.05, 0.1) is 0 Å². The minimum atomic E-state index is -4.78. The number of aromatic nitrogens is 2. The Morgan fingerprint density at radius 2 is 2.17 bits per heavy atom. The van der Waals surface area contributed by atoms with Gasteiger partial charge in [0.1, 0.15) is 16.2 Å². The van der Waals surface area contributed by atoms with Crippen molar-refractivity contribution < 1.29 is 17.1 Å². The molecule has 1 fully saturated rings. The molecule has 0 spiro atoms. The second-order valence-corrected chi connectivity index (χ2v) is 5.73. The molecule has 1 unspecified atom stereocenters. The molecule has 7 nitrogen and oxygen atoms in total. The van der Waals surface area contributed by atoms with Gasteiger partial charge in [0.15, 0.2) is 0 Å². The summed E-state index contributed by atoms with van der Waals surface area (Å²) in [5.74, 6) is -0.691. The summed E-state index contributed by atoms with van der Waals surface area (Å²) in [6, 6.07) is 1.27. The quantitative estimate of drug-likeness (QED) is 0.613. The van der Waals surface area contributed by atoms with Crippen molar-refractivity contribution in [1.29, 1.82) is 0 Å². The zero-order chi connectivity index (χ0) is 13.5. The van der Waals surface area contributed by atoms with E-state index in [0.717, 1.165) is 4.90 Å². The highest BCUT2D eigenvalue weighted by Gasteiger charge is 2.40. The molecule has 0 saturated carbocycles. The number of nitrogens with zero attached hydrogens (tertiary/aromatic N) is 3. The number of nitrogens with two attached hydrogens (primary N) is 1. The van der Waals surface area contributed by atoms with Crippen LogP contribution >= 0.6 is 11.6 Å². The van der Waals surface area contributed by atoms with Gasteiger partial charge in [0.2, 0.25) is 11.9 Å². The van der Waals surface area contributed by atoms with E-state index in [1.165, 1.54) is 6.07 Å². The fraction of sp³-hybridized carbons (Fsp3) is 0.375. The van der Waals surface area contributed by atoms with Gasteiger partial charge >= 0.3 is 10.2 Å². The lowest BCUT2D eigenvalue weighted by Crippen LogP contribution is -2.28. The molecule has 18 heavy (non-hydrogen) atoms. The molecule has 2 rings (SSSR count). The number of hydrogen-bond acceptors (Lipinski definition) is 6. The van der Waals surface area contributed by atoms with Crippen LogP contribution in [0.4, 0.5) is 15.7 Å². The largest absolute Gasteiger partial charge is 0.383 e. The first kappa shape index (κ1) is 13.0. The summed E-state index contributed by atoms with van der Waals surface area (Å²) in [5.41, 5.74) is 5.43. The predicted octanol–water partition coefficient (Wildman–Crippen LogP) is 0.117. The van der Waals surface area contributed by atoms with Gasteiger partial charge < -0.3 is 5.73 Å². The van der Waals surface area contributed by atoms with Crippen LogP contribution in [-0.4, -0.2) is 36.1 Å². The average Bonchev–Trinajstić information content (AvgIpc) is 2.58. The second-order valence-electron chi connectivity index (χ2n) is 3.72. The van der Waals surface area contributed by atoms with Crippen molar-refractivity contribution in [1.82, 2.24) is 9.97 Å². The molecular formula is C8H8ClFN4O3S. The Bertz CT molecular complexity index is 588. The third-order valence-corrected chi connectivity index (χ3v) is 3.74. The SMILES string of the molecule is Nc1cc(Cl)nc(N2CC(S(=O)(=O)F)CC2=O)n1. The smallest absolute Gasteiger partial charge is 0.307 e. The lowest BCUT2D eigenvalue weighted by molar-refractivity contribution is -0.117. The Labute approximate surface area is 107 Å². The van der Waals surface area contributed by atoms with Crippen LogP contribution in [0, 0.1) is 0 Å². The Balaban J connectivity index is 2.32. The van der Waals surface area contributed by atoms with Gasteiger partial charge in [-0.25, -0.2) is 4.98 Å². The summed E-state index contributed by atoms with van der Waals surface area (Å²) >= 11 is 5.64. The number of rotatable bonds is 2. The lowest BCUT2D eigenvalue weighted by atomic mass is 10.4. The van der Waals surface area contributed by atoms with Crippen molar-refractivity contribution in [3.8, 4) is 0 Å². The molecule has 0 radical (unpaired) electrons. The first-order valence-corrected chi connectivity index (χ1v) is 6.64. The maximum absolute atomic E-state index is 12.8. The van der Waals surface area contributed by atoms with Gasteiger partial charge in [-0.1, -0.05) is 11.6 Å². The molecule has 1 amide bonds. The normalized spacial score (nSPS) is 20.4. The fourth-order valence-corrected chi connectivity index (χ4v) is 2.46. The van der Waals surface area contributed by atoms with Gasteiger partial charge in [-0.2, -0.15) is 13.4 Å². The first-order chi connectivity index (χ1) is 8.27. The van der Waals surface area contributed by atoms with E-state index in [4.69, 9.17) is 17.3 Å². The Morgan fingerprint density at radius 3 is 2.67 bits per heavy atom. The third kappa shape index (κ3) is 2.51. The zero-order valence-electron chi connectivity index (χ0n) is 8.88. The van der Waals surface area contributed by atoms with Crippen molar-refractivity contribution in [2.75, 3.05) is 17.2 Å². The molecule has 2 N–H and O–H groups in total. The molecule has 10 heteroatoms. The molecule has 1 aromatic rings. The molecule has 0 aliphatic carbocycles. The van der Waals surface area contributed by atoms with E-state index in [-0.39, 0.29) is 23.5 Å². The van der Waals surface area contributed by atoms with Crippen LogP contribution in [-0.2, 0) is 15.0 Å². The molecule has 1 saturated heterocycles. The van der Waals surface area contributed by atoms with E-state index >= 15 is 0 Å². The molecule has 0 bridgehead atoms. The summed E-state index contributed by atoms with van der Waals surface area (Å²) in [4.78, 5) is 20.0. The number of nitrogen functional groups attached to an aromatic ring is 1. The molecule has 1 atom stereocenters. The topological polar surface area (TPSA) is 106 Å². The number of amides is 1. The van der Waals surface area contributed by atoms with Crippen molar-refractivity contribution in [3.63, 3.8) is 0 Å². The third-order valence-electron chi connectivity index (χ3n) is 2.43. The summed E-state index contributed by atoms with van der Waals surface area (Å²) in [6.45, 7) is -0.350. The van der Waals surface area contributed by atoms with Crippen molar-refractivity contribution in [2.24, 2.45) is 0 Å². The molecule has 1 aromatic heterocycles. The van der Waals surface area contributed by atoms with Crippen LogP contribution in [0.3, 0.4) is 0 Å². The van der Waals surface area contributed by atoms with E-state index in [0.29, 0.717) is 0 Å². The molecule has 98 valence electrons. The highest BCUT2D eigenvalue weighted by atomic mass is 35.5. The van der Waals surface area contributed by atoms with Crippen LogP contribution in [0.1, 0.15) is 6.42 Å². The van der Waals surface area contributed by atoms with Gasteiger partial charge in [-0.3, -0.25) is 9.69 Å². The standard InChI is InChI=1S/C8H8ClFN4O3S/c9-5-2-6(11)13-8(12-5)14-3-4(1-7(14)15)18(10,16)17/h2,4H,1,3H2,(H2,11,12,13). The minimum absolute atomic E-state index is 0.0110. The average molecular weight is 295 g/mol. The van der Waals surface area contributed by atoms with Gasteiger partial charge in [-0.15, -0.1) is 3.89 Å². The Hall–Kier alpha value is -1.48. The maximum Gasteiger partial charge on any atom is 0.307 e. The molecule has 1 aliphatic heterocycles. The zero-order valence-corrected chi connectivity index (χ0v) is 10.4. The van der Waals surface area contributed by atoms with Crippen molar-refractivity contribution in [2.45, 2.75) is 11.7 Å². The van der Waals surface area contributed by atoms with E-state index in [1.807, 2.05) is 0 Å². The van der Waals surface area contributed by atoms with E-state index < -0.39 is 27.8 Å². The number of carbonyl (C=O) groups is 1. The number of carbonyl (C=O) groups excluding carboxylic acids is 1.